The van der Waals surface area contributed by atoms with Crippen molar-refractivity contribution in [1.29, 1.82) is 0 Å². The topological polar surface area (TPSA) is 111 Å². The number of hydrogen-bond acceptors (Lipinski definition) is 6. The number of carbonyl (C=O) groups excluding carboxylic acids is 2. The van der Waals surface area contributed by atoms with Crippen molar-refractivity contribution in [2.24, 2.45) is 0 Å². The van der Waals surface area contributed by atoms with Crippen LogP contribution in [0.4, 0.5) is 11.4 Å². The summed E-state index contributed by atoms with van der Waals surface area (Å²) in [5.74, 6) is -1.17. The predicted octanol–water partition coefficient (Wildman–Crippen LogP) is 2.38. The fourth-order valence-corrected chi connectivity index (χ4v) is 3.27. The van der Waals surface area contributed by atoms with Crippen LogP contribution in [0.3, 0.4) is 0 Å². The zero-order chi connectivity index (χ0) is 19.3. The minimum atomic E-state index is -3.92. The largest absolute Gasteiger partial charge is 0.491 e. The lowest BCUT2D eigenvalue weighted by Crippen LogP contribution is -2.16. The third-order valence-electron chi connectivity index (χ3n) is 3.17. The Hall–Kier alpha value is -3.07. The molecule has 0 saturated carbocycles. The van der Waals surface area contributed by atoms with Crippen molar-refractivity contribution in [2.75, 3.05) is 17.1 Å². The molecule has 0 atom stereocenters. The zero-order valence-electron chi connectivity index (χ0n) is 14.4. The Kier molecular flexibility index (Phi) is 5.83. The molecule has 9 heteroatoms. The molecule has 2 aromatic rings. The van der Waals surface area contributed by atoms with E-state index >= 15 is 0 Å². The minimum Gasteiger partial charge on any atom is -0.491 e. The average Bonchev–Trinajstić information content (AvgIpc) is 2.57. The Labute approximate surface area is 151 Å². The van der Waals surface area contributed by atoms with Gasteiger partial charge in [-0.05, 0) is 24.3 Å². The molecule has 26 heavy (non-hydrogen) atoms. The number of nitrogens with one attached hydrogen (secondary N) is 2. The molecule has 2 rings (SSSR count). The maximum atomic E-state index is 12.5. The molecule has 8 nitrogen and oxygen atoms in total. The van der Waals surface area contributed by atoms with Gasteiger partial charge in [0.15, 0.2) is 11.5 Å². The number of carbonyl (C=O) groups is 2. The molecule has 0 aliphatic carbocycles. The second-order valence-electron chi connectivity index (χ2n) is 5.22. The lowest BCUT2D eigenvalue weighted by atomic mass is 10.2. The molecule has 0 spiro atoms. The van der Waals surface area contributed by atoms with Gasteiger partial charge < -0.3 is 14.8 Å². The van der Waals surface area contributed by atoms with Gasteiger partial charge in [0, 0.05) is 13.8 Å². The highest BCUT2D eigenvalue weighted by molar-refractivity contribution is 7.92. The van der Waals surface area contributed by atoms with Crippen molar-refractivity contribution in [1.82, 2.24) is 0 Å². The van der Waals surface area contributed by atoms with Crippen molar-refractivity contribution >= 4 is 33.3 Å². The van der Waals surface area contributed by atoms with E-state index in [0.717, 1.165) is 0 Å². The van der Waals surface area contributed by atoms with Crippen LogP contribution in [0.2, 0.25) is 0 Å². The van der Waals surface area contributed by atoms with Crippen LogP contribution in [0.15, 0.2) is 47.4 Å². The van der Waals surface area contributed by atoms with E-state index in [1.54, 1.807) is 18.2 Å². The summed E-state index contributed by atoms with van der Waals surface area (Å²) in [7, 11) is -2.61. The number of amides is 1. The van der Waals surface area contributed by atoms with E-state index in [4.69, 9.17) is 9.47 Å². The summed E-state index contributed by atoms with van der Waals surface area (Å²) < 4.78 is 37.8. The van der Waals surface area contributed by atoms with Crippen molar-refractivity contribution in [3.8, 4) is 11.5 Å². The number of anilines is 2. The summed E-state index contributed by atoms with van der Waals surface area (Å²) in [5, 5.41) is 2.53. The second-order valence-corrected chi connectivity index (χ2v) is 6.90. The van der Waals surface area contributed by atoms with E-state index < -0.39 is 16.0 Å². The number of rotatable bonds is 6. The Bertz CT molecular complexity index is 926. The highest BCUT2D eigenvalue weighted by atomic mass is 32.2. The summed E-state index contributed by atoms with van der Waals surface area (Å²) in [6.45, 7) is 2.47. The first kappa shape index (κ1) is 19.3. The first-order valence-electron chi connectivity index (χ1n) is 7.49. The fraction of sp³-hybridized carbons (Fsp3) is 0.176. The molecular formula is C17H18N2O6S. The minimum absolute atomic E-state index is 0.00462. The first-order chi connectivity index (χ1) is 12.2. The number of ether oxygens (including phenoxy) is 2. The summed E-state index contributed by atoms with van der Waals surface area (Å²) in [6, 6.07) is 10.5. The van der Waals surface area contributed by atoms with Crippen LogP contribution in [0.5, 0.6) is 11.5 Å². The Morgan fingerprint density at radius 2 is 1.54 bits per heavy atom. The van der Waals surface area contributed by atoms with E-state index in [0.29, 0.717) is 0 Å². The van der Waals surface area contributed by atoms with Gasteiger partial charge in [-0.1, -0.05) is 18.2 Å². The van der Waals surface area contributed by atoms with Crippen molar-refractivity contribution in [2.45, 2.75) is 18.7 Å². The standard InChI is InChI=1S/C17H18N2O6S/c1-11(20)18-14-9-10-15(17(16(14)24-3)25-12(2)21)19-26(22,23)13-7-5-4-6-8-13/h4-10,19H,1-3H3,(H,18,20). The summed E-state index contributed by atoms with van der Waals surface area (Å²) in [5.41, 5.74) is 0.230. The highest BCUT2D eigenvalue weighted by Gasteiger charge is 2.22. The van der Waals surface area contributed by atoms with Gasteiger partial charge in [-0.25, -0.2) is 8.42 Å². The van der Waals surface area contributed by atoms with Crippen LogP contribution < -0.4 is 19.5 Å². The van der Waals surface area contributed by atoms with Crippen LogP contribution in [0, 0.1) is 0 Å². The van der Waals surface area contributed by atoms with Gasteiger partial charge in [0.2, 0.25) is 5.91 Å². The molecule has 2 aromatic carbocycles. The number of esters is 1. The number of hydrogen-bond donors (Lipinski definition) is 2. The summed E-state index contributed by atoms with van der Waals surface area (Å²) in [4.78, 5) is 22.8. The lowest BCUT2D eigenvalue weighted by molar-refractivity contribution is -0.131. The monoisotopic (exact) mass is 378 g/mol. The molecule has 0 aliphatic rings. The normalized spacial score (nSPS) is 10.7. The van der Waals surface area contributed by atoms with Crippen molar-refractivity contribution < 1.29 is 27.5 Å². The smallest absolute Gasteiger partial charge is 0.308 e. The van der Waals surface area contributed by atoms with Crippen LogP contribution in [-0.4, -0.2) is 27.4 Å². The predicted molar refractivity (Wildman–Crippen MR) is 95.9 cm³/mol. The van der Waals surface area contributed by atoms with Gasteiger partial charge >= 0.3 is 5.97 Å². The van der Waals surface area contributed by atoms with E-state index in [1.165, 1.54) is 45.2 Å². The molecule has 0 heterocycles. The molecular weight excluding hydrogens is 360 g/mol. The fourth-order valence-electron chi connectivity index (χ4n) is 2.18. The molecule has 2 N–H and O–H groups in total. The Morgan fingerprint density at radius 3 is 2.08 bits per heavy atom. The SMILES string of the molecule is COc1c(NC(C)=O)ccc(NS(=O)(=O)c2ccccc2)c1OC(C)=O. The van der Waals surface area contributed by atoms with Gasteiger partial charge in [0.1, 0.15) is 0 Å². The van der Waals surface area contributed by atoms with E-state index in [-0.39, 0.29) is 33.7 Å². The van der Waals surface area contributed by atoms with E-state index in [2.05, 4.69) is 10.0 Å². The molecule has 0 aromatic heterocycles. The lowest BCUT2D eigenvalue weighted by Gasteiger charge is -2.18. The van der Waals surface area contributed by atoms with Crippen molar-refractivity contribution in [3.63, 3.8) is 0 Å². The quantitative estimate of drug-likeness (QED) is 0.590. The molecule has 1 amide bonds. The molecule has 0 bridgehead atoms. The number of sulfonamides is 1. The summed E-state index contributed by atoms with van der Waals surface area (Å²) in [6.07, 6.45) is 0. The molecule has 138 valence electrons. The van der Waals surface area contributed by atoms with Gasteiger partial charge in [-0.2, -0.15) is 0 Å². The molecule has 0 aliphatic heterocycles. The van der Waals surface area contributed by atoms with Crippen LogP contribution in [0.25, 0.3) is 0 Å². The zero-order valence-corrected chi connectivity index (χ0v) is 15.2. The van der Waals surface area contributed by atoms with Gasteiger partial charge in [-0.15, -0.1) is 0 Å². The average molecular weight is 378 g/mol. The molecule has 0 radical (unpaired) electrons. The third kappa shape index (κ3) is 4.51. The maximum absolute atomic E-state index is 12.5. The molecule has 0 saturated heterocycles. The highest BCUT2D eigenvalue weighted by Crippen LogP contribution is 2.42. The van der Waals surface area contributed by atoms with Crippen LogP contribution >= 0.6 is 0 Å². The third-order valence-corrected chi connectivity index (χ3v) is 4.55. The first-order valence-corrected chi connectivity index (χ1v) is 8.97. The van der Waals surface area contributed by atoms with Crippen LogP contribution in [-0.2, 0) is 19.6 Å². The van der Waals surface area contributed by atoms with Crippen LogP contribution in [0.1, 0.15) is 13.8 Å². The Morgan fingerprint density at radius 1 is 0.923 bits per heavy atom. The van der Waals surface area contributed by atoms with Gasteiger partial charge in [0.05, 0.1) is 23.4 Å². The van der Waals surface area contributed by atoms with E-state index in [9.17, 15) is 18.0 Å². The van der Waals surface area contributed by atoms with Crippen molar-refractivity contribution in [3.05, 3.63) is 42.5 Å². The molecule has 0 unspecified atom stereocenters. The second kappa shape index (κ2) is 7.87. The Balaban J connectivity index is 2.54. The summed E-state index contributed by atoms with van der Waals surface area (Å²) >= 11 is 0. The van der Waals surface area contributed by atoms with Gasteiger partial charge in [-0.3, -0.25) is 14.3 Å². The molecule has 0 fully saturated rings. The number of benzene rings is 2. The maximum Gasteiger partial charge on any atom is 0.308 e. The number of methoxy groups -OCH3 is 1. The van der Waals surface area contributed by atoms with Gasteiger partial charge in [0.25, 0.3) is 10.0 Å². The van der Waals surface area contributed by atoms with E-state index in [1.807, 2.05) is 0 Å².